The minimum atomic E-state index is -3.60. The molecule has 0 unspecified atom stereocenters. The maximum absolute atomic E-state index is 12.0. The molecule has 0 radical (unpaired) electrons. The fraction of sp³-hybridized carbons (Fsp3) is 0.500. The van der Waals surface area contributed by atoms with Crippen LogP contribution in [0.25, 0.3) is 0 Å². The van der Waals surface area contributed by atoms with Crippen molar-refractivity contribution in [1.29, 1.82) is 5.26 Å². The molecule has 1 aromatic heterocycles. The molecule has 1 aliphatic carbocycles. The predicted octanol–water partition coefficient (Wildman–Crippen LogP) is 0.394. The minimum Gasteiger partial charge on any atom is -0.396 e. The molecular formula is C12H15N3O3S. The van der Waals surface area contributed by atoms with Crippen molar-refractivity contribution in [3.63, 3.8) is 0 Å². The predicted molar refractivity (Wildman–Crippen MR) is 67.5 cm³/mol. The highest BCUT2D eigenvalue weighted by Crippen LogP contribution is 2.48. The molecule has 7 heteroatoms. The number of nitrogens with zero attached hydrogens (tertiary/aromatic N) is 2. The molecule has 6 nitrogen and oxygen atoms in total. The van der Waals surface area contributed by atoms with Gasteiger partial charge in [-0.1, -0.05) is 0 Å². The van der Waals surface area contributed by atoms with Gasteiger partial charge in [0.05, 0.1) is 0 Å². The molecule has 0 bridgehead atoms. The molecule has 1 heterocycles. The van der Waals surface area contributed by atoms with E-state index in [1.807, 2.05) is 6.07 Å². The Kier molecular flexibility index (Phi) is 3.85. The molecule has 0 aromatic carbocycles. The Morgan fingerprint density at radius 3 is 2.68 bits per heavy atom. The van der Waals surface area contributed by atoms with Gasteiger partial charge in [0.1, 0.15) is 16.7 Å². The number of hydrogen-bond acceptors (Lipinski definition) is 5. The lowest BCUT2D eigenvalue weighted by atomic mass is 10.0. The lowest BCUT2D eigenvalue weighted by Crippen LogP contribution is -2.30. The van der Waals surface area contributed by atoms with Gasteiger partial charge in [-0.2, -0.15) is 5.26 Å². The number of hydrogen-bond donors (Lipinski definition) is 2. The first kappa shape index (κ1) is 13.9. The Hall–Kier alpha value is -1.49. The van der Waals surface area contributed by atoms with Gasteiger partial charge >= 0.3 is 0 Å². The van der Waals surface area contributed by atoms with Crippen LogP contribution >= 0.6 is 0 Å². The van der Waals surface area contributed by atoms with Gasteiger partial charge in [-0.25, -0.2) is 18.1 Å². The van der Waals surface area contributed by atoms with Crippen LogP contribution in [0.3, 0.4) is 0 Å². The zero-order valence-corrected chi connectivity index (χ0v) is 11.2. The first-order chi connectivity index (χ1) is 9.01. The number of aromatic nitrogens is 1. The van der Waals surface area contributed by atoms with Crippen molar-refractivity contribution >= 4 is 10.0 Å². The molecule has 0 spiro atoms. The highest BCUT2D eigenvalue weighted by molar-refractivity contribution is 7.89. The highest BCUT2D eigenvalue weighted by Gasteiger charge is 2.42. The number of rotatable bonds is 6. The first-order valence-electron chi connectivity index (χ1n) is 5.98. The second kappa shape index (κ2) is 5.25. The molecule has 1 saturated carbocycles. The summed E-state index contributed by atoms with van der Waals surface area (Å²) < 4.78 is 26.6. The standard InChI is InChI=1S/C12H15N3O3S/c13-7-10-1-2-11(8-14-10)19(17,18)15-9-12(3-4-12)5-6-16/h1-2,8,15-16H,3-6,9H2. The van der Waals surface area contributed by atoms with Crippen molar-refractivity contribution in [1.82, 2.24) is 9.71 Å². The molecule has 1 aromatic rings. The van der Waals surface area contributed by atoms with Gasteiger partial charge in [0.15, 0.2) is 0 Å². The van der Waals surface area contributed by atoms with E-state index in [0.29, 0.717) is 13.0 Å². The molecule has 1 fully saturated rings. The second-order valence-electron chi connectivity index (χ2n) is 4.79. The Labute approximate surface area is 112 Å². The third kappa shape index (κ3) is 3.29. The summed E-state index contributed by atoms with van der Waals surface area (Å²) in [4.78, 5) is 3.79. The van der Waals surface area contributed by atoms with E-state index in [-0.39, 0.29) is 22.6 Å². The number of sulfonamides is 1. The molecule has 102 valence electrons. The molecule has 19 heavy (non-hydrogen) atoms. The van der Waals surface area contributed by atoms with Crippen molar-refractivity contribution in [3.05, 3.63) is 24.0 Å². The van der Waals surface area contributed by atoms with E-state index in [1.54, 1.807) is 0 Å². The van der Waals surface area contributed by atoms with E-state index < -0.39 is 10.0 Å². The Bertz CT molecular complexity index is 586. The summed E-state index contributed by atoms with van der Waals surface area (Å²) in [6, 6.07) is 4.57. The normalized spacial score (nSPS) is 16.8. The van der Waals surface area contributed by atoms with Crippen LogP contribution in [0.15, 0.2) is 23.2 Å². The van der Waals surface area contributed by atoms with Crippen molar-refractivity contribution < 1.29 is 13.5 Å². The molecule has 0 saturated heterocycles. The number of aliphatic hydroxyl groups is 1. The van der Waals surface area contributed by atoms with E-state index in [2.05, 4.69) is 9.71 Å². The zero-order valence-electron chi connectivity index (χ0n) is 10.3. The fourth-order valence-corrected chi connectivity index (χ4v) is 2.97. The van der Waals surface area contributed by atoms with Crippen LogP contribution < -0.4 is 4.72 Å². The molecule has 0 aliphatic heterocycles. The van der Waals surface area contributed by atoms with Gasteiger partial charge in [0.25, 0.3) is 0 Å². The summed E-state index contributed by atoms with van der Waals surface area (Å²) >= 11 is 0. The van der Waals surface area contributed by atoms with Crippen LogP contribution in [0.5, 0.6) is 0 Å². The van der Waals surface area contributed by atoms with Crippen molar-refractivity contribution in [2.45, 2.75) is 24.2 Å². The number of pyridine rings is 1. The first-order valence-corrected chi connectivity index (χ1v) is 7.46. The SMILES string of the molecule is N#Cc1ccc(S(=O)(=O)NCC2(CCO)CC2)cn1. The highest BCUT2D eigenvalue weighted by atomic mass is 32.2. The van der Waals surface area contributed by atoms with E-state index >= 15 is 0 Å². The summed E-state index contributed by atoms with van der Waals surface area (Å²) in [6.07, 6.45) is 3.65. The third-order valence-electron chi connectivity index (χ3n) is 3.40. The van der Waals surface area contributed by atoms with Crippen LogP contribution in [0.4, 0.5) is 0 Å². The van der Waals surface area contributed by atoms with E-state index in [4.69, 9.17) is 10.4 Å². The molecule has 2 rings (SSSR count). The summed E-state index contributed by atoms with van der Waals surface area (Å²) in [6.45, 7) is 0.399. The largest absolute Gasteiger partial charge is 0.396 e. The van der Waals surface area contributed by atoms with Gasteiger partial charge in [0.2, 0.25) is 10.0 Å². The number of aliphatic hydroxyl groups excluding tert-OH is 1. The zero-order chi connectivity index (χ0) is 13.9. The van der Waals surface area contributed by atoms with Gasteiger partial charge in [-0.05, 0) is 36.8 Å². The fourth-order valence-electron chi connectivity index (χ4n) is 1.87. The topological polar surface area (TPSA) is 103 Å². The molecule has 0 amide bonds. The van der Waals surface area contributed by atoms with Crippen LogP contribution in [-0.4, -0.2) is 31.7 Å². The van der Waals surface area contributed by atoms with E-state index in [0.717, 1.165) is 12.8 Å². The number of nitrogens with one attached hydrogen (secondary N) is 1. The molecule has 2 N–H and O–H groups in total. The van der Waals surface area contributed by atoms with Gasteiger partial charge in [0, 0.05) is 19.3 Å². The maximum atomic E-state index is 12.0. The average molecular weight is 281 g/mol. The minimum absolute atomic E-state index is 0.0475. The van der Waals surface area contributed by atoms with Crippen LogP contribution in [0.2, 0.25) is 0 Å². The maximum Gasteiger partial charge on any atom is 0.242 e. The van der Waals surface area contributed by atoms with E-state index in [9.17, 15) is 8.42 Å². The van der Waals surface area contributed by atoms with Crippen LogP contribution in [0.1, 0.15) is 25.0 Å². The monoisotopic (exact) mass is 281 g/mol. The summed E-state index contributed by atoms with van der Waals surface area (Å²) in [5.41, 5.74) is 0.0971. The molecule has 1 aliphatic rings. The van der Waals surface area contributed by atoms with Gasteiger partial charge in [-0.15, -0.1) is 0 Å². The van der Waals surface area contributed by atoms with E-state index in [1.165, 1.54) is 18.3 Å². The lowest BCUT2D eigenvalue weighted by molar-refractivity contribution is 0.249. The summed E-state index contributed by atoms with van der Waals surface area (Å²) in [5.74, 6) is 0. The quantitative estimate of drug-likeness (QED) is 0.785. The van der Waals surface area contributed by atoms with Gasteiger partial charge in [-0.3, -0.25) is 0 Å². The Balaban J connectivity index is 2.04. The second-order valence-corrected chi connectivity index (χ2v) is 6.56. The lowest BCUT2D eigenvalue weighted by Gasteiger charge is -2.14. The molecule has 0 atom stereocenters. The van der Waals surface area contributed by atoms with Crippen LogP contribution in [0, 0.1) is 16.7 Å². The van der Waals surface area contributed by atoms with Gasteiger partial charge < -0.3 is 5.11 Å². The Morgan fingerprint density at radius 1 is 1.47 bits per heavy atom. The van der Waals surface area contributed by atoms with Crippen molar-refractivity contribution in [2.24, 2.45) is 5.41 Å². The summed E-state index contributed by atoms with van der Waals surface area (Å²) in [5, 5.41) is 17.5. The number of nitriles is 1. The Morgan fingerprint density at radius 2 is 2.21 bits per heavy atom. The van der Waals surface area contributed by atoms with Crippen molar-refractivity contribution in [3.8, 4) is 6.07 Å². The smallest absolute Gasteiger partial charge is 0.242 e. The molecular weight excluding hydrogens is 266 g/mol. The van der Waals surface area contributed by atoms with Crippen molar-refractivity contribution in [2.75, 3.05) is 13.2 Å². The summed E-state index contributed by atoms with van der Waals surface area (Å²) in [7, 11) is -3.60. The van der Waals surface area contributed by atoms with Crippen LogP contribution in [-0.2, 0) is 10.0 Å². The third-order valence-corrected chi connectivity index (χ3v) is 4.78. The average Bonchev–Trinajstić information content (AvgIpc) is 3.18.